The number of hydrogen-bond donors (Lipinski definition) is 1. The van der Waals surface area contributed by atoms with Crippen LogP contribution in [0.1, 0.15) is 32.4 Å². The second-order valence-electron chi connectivity index (χ2n) is 4.48. The summed E-state index contributed by atoms with van der Waals surface area (Å²) < 4.78 is 0. The molecule has 0 aliphatic heterocycles. The summed E-state index contributed by atoms with van der Waals surface area (Å²) in [6.07, 6.45) is 0. The highest BCUT2D eigenvalue weighted by Gasteiger charge is 2.25. The smallest absolute Gasteiger partial charge is 0.0468 e. The number of hydrogen-bond acceptors (Lipinski definition) is 1. The zero-order valence-corrected chi connectivity index (χ0v) is 11.4. The highest BCUT2D eigenvalue weighted by Crippen LogP contribution is 2.38. The van der Waals surface area contributed by atoms with Crippen molar-refractivity contribution in [3.63, 3.8) is 0 Å². The molecule has 0 spiro atoms. The van der Waals surface area contributed by atoms with Gasteiger partial charge in [-0.25, -0.2) is 0 Å². The molecule has 4 heteroatoms. The Balaban J connectivity index is 0.00000196. The average Bonchev–Trinajstić information content (AvgIpc) is 2.01. The predicted molar refractivity (Wildman–Crippen MR) is 70.1 cm³/mol. The highest BCUT2D eigenvalue weighted by atomic mass is 35.5. The molecule has 86 valence electrons. The molecule has 0 aliphatic rings. The molecule has 1 atom stereocenters. The van der Waals surface area contributed by atoms with E-state index in [-0.39, 0.29) is 23.9 Å². The minimum absolute atomic E-state index is 0. The van der Waals surface area contributed by atoms with E-state index in [1.807, 2.05) is 18.2 Å². The summed E-state index contributed by atoms with van der Waals surface area (Å²) in [6, 6.07) is 5.30. The molecule has 15 heavy (non-hydrogen) atoms. The summed E-state index contributed by atoms with van der Waals surface area (Å²) in [4.78, 5) is 0. The van der Waals surface area contributed by atoms with Crippen molar-refractivity contribution in [1.82, 2.24) is 0 Å². The molecule has 1 aromatic carbocycles. The van der Waals surface area contributed by atoms with E-state index in [1.54, 1.807) is 0 Å². The first kappa shape index (κ1) is 15.0. The van der Waals surface area contributed by atoms with Gasteiger partial charge < -0.3 is 5.73 Å². The van der Waals surface area contributed by atoms with Gasteiger partial charge in [0.1, 0.15) is 0 Å². The van der Waals surface area contributed by atoms with Crippen LogP contribution in [0, 0.1) is 5.41 Å². The van der Waals surface area contributed by atoms with Crippen LogP contribution in [0.4, 0.5) is 0 Å². The fraction of sp³-hybridized carbons (Fsp3) is 0.455. The van der Waals surface area contributed by atoms with E-state index in [1.165, 1.54) is 0 Å². The van der Waals surface area contributed by atoms with Gasteiger partial charge in [0.15, 0.2) is 0 Å². The molecule has 1 rings (SSSR count). The van der Waals surface area contributed by atoms with Gasteiger partial charge in [-0.2, -0.15) is 0 Å². The molecular weight excluding hydrogens is 252 g/mol. The molecule has 0 unspecified atom stereocenters. The van der Waals surface area contributed by atoms with E-state index in [4.69, 9.17) is 28.9 Å². The van der Waals surface area contributed by atoms with Gasteiger partial charge in [-0.15, -0.1) is 12.4 Å². The average molecular weight is 269 g/mol. The SMILES string of the molecule is CC(C)(C)[C@H](N)c1c(Cl)cccc1Cl.Cl. The zero-order valence-electron chi connectivity index (χ0n) is 9.05. The Morgan fingerprint density at radius 1 is 1.13 bits per heavy atom. The van der Waals surface area contributed by atoms with E-state index >= 15 is 0 Å². The molecule has 0 bridgehead atoms. The molecule has 0 amide bonds. The molecule has 0 aromatic heterocycles. The lowest BCUT2D eigenvalue weighted by Crippen LogP contribution is -2.26. The lowest BCUT2D eigenvalue weighted by molar-refractivity contribution is 0.327. The molecular formula is C11H16Cl3N. The summed E-state index contributed by atoms with van der Waals surface area (Å²) in [5.74, 6) is 0. The molecule has 1 nitrogen and oxygen atoms in total. The van der Waals surface area contributed by atoms with Crippen LogP contribution in [-0.2, 0) is 0 Å². The first-order valence-corrected chi connectivity index (χ1v) is 5.29. The first-order chi connectivity index (χ1) is 6.34. The van der Waals surface area contributed by atoms with Crippen molar-refractivity contribution in [3.05, 3.63) is 33.8 Å². The quantitative estimate of drug-likeness (QED) is 0.799. The van der Waals surface area contributed by atoms with Crippen LogP contribution in [0.3, 0.4) is 0 Å². The summed E-state index contributed by atoms with van der Waals surface area (Å²) in [5, 5.41) is 1.28. The third-order valence-corrected chi connectivity index (χ3v) is 2.90. The standard InChI is InChI=1S/C11H15Cl2N.ClH/c1-11(2,3)10(14)9-7(12)5-4-6-8(9)13;/h4-6,10H,14H2,1-3H3;1H/t10-;/m1./s1. The minimum Gasteiger partial charge on any atom is -0.323 e. The Bertz CT molecular complexity index is 311. The van der Waals surface area contributed by atoms with Gasteiger partial charge >= 0.3 is 0 Å². The Hall–Kier alpha value is 0.0500. The van der Waals surface area contributed by atoms with E-state index in [2.05, 4.69) is 20.8 Å². The maximum absolute atomic E-state index is 6.10. The van der Waals surface area contributed by atoms with E-state index in [0.29, 0.717) is 10.0 Å². The molecule has 0 heterocycles. The van der Waals surface area contributed by atoms with Gasteiger partial charge in [0.05, 0.1) is 0 Å². The zero-order chi connectivity index (χ0) is 10.9. The van der Waals surface area contributed by atoms with Gasteiger partial charge in [-0.3, -0.25) is 0 Å². The molecule has 0 saturated carbocycles. The first-order valence-electron chi connectivity index (χ1n) is 4.53. The minimum atomic E-state index is -0.149. The largest absolute Gasteiger partial charge is 0.323 e. The van der Waals surface area contributed by atoms with Crippen LogP contribution in [0.5, 0.6) is 0 Å². The van der Waals surface area contributed by atoms with Crippen molar-refractivity contribution >= 4 is 35.6 Å². The summed E-state index contributed by atoms with van der Waals surface area (Å²) in [6.45, 7) is 6.20. The number of rotatable bonds is 1. The summed E-state index contributed by atoms with van der Waals surface area (Å²) in [5.41, 5.74) is 6.89. The third kappa shape index (κ3) is 3.53. The van der Waals surface area contributed by atoms with Crippen LogP contribution in [0.2, 0.25) is 10.0 Å². The second-order valence-corrected chi connectivity index (χ2v) is 5.29. The Morgan fingerprint density at radius 3 is 1.87 bits per heavy atom. The number of nitrogens with two attached hydrogens (primary N) is 1. The Morgan fingerprint density at radius 2 is 1.53 bits per heavy atom. The van der Waals surface area contributed by atoms with E-state index in [0.717, 1.165) is 5.56 Å². The topological polar surface area (TPSA) is 26.0 Å². The van der Waals surface area contributed by atoms with Crippen molar-refractivity contribution in [2.24, 2.45) is 11.1 Å². The lowest BCUT2D eigenvalue weighted by Gasteiger charge is -2.28. The molecule has 0 saturated heterocycles. The number of halogens is 3. The molecule has 2 N–H and O–H groups in total. The van der Waals surface area contributed by atoms with Crippen LogP contribution in [0.25, 0.3) is 0 Å². The van der Waals surface area contributed by atoms with Crippen molar-refractivity contribution in [2.75, 3.05) is 0 Å². The van der Waals surface area contributed by atoms with Crippen molar-refractivity contribution in [1.29, 1.82) is 0 Å². The number of benzene rings is 1. The van der Waals surface area contributed by atoms with Crippen molar-refractivity contribution in [2.45, 2.75) is 26.8 Å². The van der Waals surface area contributed by atoms with Crippen LogP contribution < -0.4 is 5.73 Å². The fourth-order valence-electron chi connectivity index (χ4n) is 1.24. The van der Waals surface area contributed by atoms with Gasteiger partial charge in [-0.1, -0.05) is 50.0 Å². The molecule has 0 radical (unpaired) electrons. The normalized spacial score (nSPS) is 13.2. The Kier molecular flexibility index (Phi) is 5.42. The van der Waals surface area contributed by atoms with Gasteiger partial charge in [0.2, 0.25) is 0 Å². The molecule has 1 aromatic rings. The third-order valence-electron chi connectivity index (χ3n) is 2.24. The summed E-state index contributed by atoms with van der Waals surface area (Å²) >= 11 is 12.1. The van der Waals surface area contributed by atoms with Crippen molar-refractivity contribution in [3.8, 4) is 0 Å². The van der Waals surface area contributed by atoms with Crippen LogP contribution >= 0.6 is 35.6 Å². The fourth-order valence-corrected chi connectivity index (χ4v) is 1.87. The van der Waals surface area contributed by atoms with E-state index < -0.39 is 0 Å². The van der Waals surface area contributed by atoms with E-state index in [9.17, 15) is 0 Å². The highest BCUT2D eigenvalue weighted by molar-refractivity contribution is 6.36. The monoisotopic (exact) mass is 267 g/mol. The van der Waals surface area contributed by atoms with Crippen LogP contribution in [-0.4, -0.2) is 0 Å². The lowest BCUT2D eigenvalue weighted by atomic mass is 9.83. The molecule has 0 aliphatic carbocycles. The van der Waals surface area contributed by atoms with Gasteiger partial charge in [0.25, 0.3) is 0 Å². The molecule has 0 fully saturated rings. The maximum Gasteiger partial charge on any atom is 0.0468 e. The van der Waals surface area contributed by atoms with Crippen LogP contribution in [0.15, 0.2) is 18.2 Å². The maximum atomic E-state index is 6.10. The van der Waals surface area contributed by atoms with Crippen molar-refractivity contribution < 1.29 is 0 Å². The second kappa shape index (κ2) is 5.40. The van der Waals surface area contributed by atoms with Gasteiger partial charge in [-0.05, 0) is 17.5 Å². The predicted octanol–water partition coefficient (Wildman–Crippen LogP) is 4.46. The van der Waals surface area contributed by atoms with Gasteiger partial charge in [0, 0.05) is 21.7 Å². The Labute approximate surface area is 107 Å². The summed E-state index contributed by atoms with van der Waals surface area (Å²) in [7, 11) is 0.